The average Bonchev–Trinajstić information content (AvgIpc) is 2.25. The highest BCUT2D eigenvalue weighted by Crippen LogP contribution is 2.21. The summed E-state index contributed by atoms with van der Waals surface area (Å²) < 4.78 is 29.6. The van der Waals surface area contributed by atoms with E-state index in [9.17, 15) is 13.2 Å². The zero-order chi connectivity index (χ0) is 14.0. The molecule has 100 valence electrons. The third kappa shape index (κ3) is 3.82. The van der Waals surface area contributed by atoms with Crippen molar-refractivity contribution < 1.29 is 17.9 Å². The standard InChI is InChI=1S/C12H17NO4S/c1-12(2,13-18(4,15)16)10-7-5-9(6-8-10)11(14)17-3/h5-8,13H,1-4H3. The Balaban J connectivity index is 3.01. The number of rotatable bonds is 4. The molecule has 0 aromatic heterocycles. The molecule has 0 bridgehead atoms. The number of hydrogen-bond acceptors (Lipinski definition) is 4. The predicted molar refractivity (Wildman–Crippen MR) is 68.8 cm³/mol. The highest BCUT2D eigenvalue weighted by atomic mass is 32.2. The first-order valence-corrected chi connectivity index (χ1v) is 7.22. The molecule has 0 unspecified atom stereocenters. The summed E-state index contributed by atoms with van der Waals surface area (Å²) in [5, 5.41) is 0. The number of hydrogen-bond donors (Lipinski definition) is 1. The number of carbonyl (C=O) groups is 1. The van der Waals surface area contributed by atoms with Gasteiger partial charge in [0.15, 0.2) is 0 Å². The Kier molecular flexibility index (Phi) is 4.13. The molecule has 0 atom stereocenters. The van der Waals surface area contributed by atoms with Crippen molar-refractivity contribution in [2.75, 3.05) is 13.4 Å². The molecule has 6 heteroatoms. The highest BCUT2D eigenvalue weighted by molar-refractivity contribution is 7.88. The lowest BCUT2D eigenvalue weighted by Crippen LogP contribution is -2.40. The quantitative estimate of drug-likeness (QED) is 0.837. The molecule has 0 aliphatic heterocycles. The fraction of sp³-hybridized carbons (Fsp3) is 0.417. The molecule has 0 saturated carbocycles. The van der Waals surface area contributed by atoms with Crippen LogP contribution in [0.25, 0.3) is 0 Å². The molecule has 0 heterocycles. The smallest absolute Gasteiger partial charge is 0.337 e. The number of nitrogens with one attached hydrogen (secondary N) is 1. The summed E-state index contributed by atoms with van der Waals surface area (Å²) in [4.78, 5) is 11.3. The topological polar surface area (TPSA) is 72.5 Å². The van der Waals surface area contributed by atoms with Crippen LogP contribution in [0.1, 0.15) is 29.8 Å². The van der Waals surface area contributed by atoms with Gasteiger partial charge in [-0.25, -0.2) is 17.9 Å². The molecule has 5 nitrogen and oxygen atoms in total. The van der Waals surface area contributed by atoms with Crippen molar-refractivity contribution in [2.24, 2.45) is 0 Å². The van der Waals surface area contributed by atoms with Gasteiger partial charge in [-0.05, 0) is 31.5 Å². The zero-order valence-corrected chi connectivity index (χ0v) is 11.7. The van der Waals surface area contributed by atoms with Gasteiger partial charge in [0.05, 0.1) is 24.5 Å². The van der Waals surface area contributed by atoms with Crippen LogP contribution in [0.5, 0.6) is 0 Å². The van der Waals surface area contributed by atoms with Crippen molar-refractivity contribution in [2.45, 2.75) is 19.4 Å². The monoisotopic (exact) mass is 271 g/mol. The van der Waals surface area contributed by atoms with E-state index >= 15 is 0 Å². The van der Waals surface area contributed by atoms with E-state index in [1.807, 2.05) is 0 Å². The first-order chi connectivity index (χ1) is 8.15. The Bertz CT molecular complexity index is 532. The molecular weight excluding hydrogens is 254 g/mol. The van der Waals surface area contributed by atoms with Crippen molar-refractivity contribution in [1.82, 2.24) is 4.72 Å². The van der Waals surface area contributed by atoms with E-state index in [2.05, 4.69) is 9.46 Å². The molecule has 0 fully saturated rings. The minimum Gasteiger partial charge on any atom is -0.465 e. The molecule has 0 aliphatic carbocycles. The summed E-state index contributed by atoms with van der Waals surface area (Å²) in [6.45, 7) is 3.50. The Hall–Kier alpha value is -1.40. The van der Waals surface area contributed by atoms with Crippen LogP contribution >= 0.6 is 0 Å². The predicted octanol–water partition coefficient (Wildman–Crippen LogP) is 1.26. The molecule has 0 saturated heterocycles. The van der Waals surface area contributed by atoms with Crippen molar-refractivity contribution >= 4 is 16.0 Å². The summed E-state index contributed by atoms with van der Waals surface area (Å²) in [6.07, 6.45) is 1.11. The summed E-state index contributed by atoms with van der Waals surface area (Å²) in [5.41, 5.74) is 0.458. The van der Waals surface area contributed by atoms with E-state index in [4.69, 9.17) is 0 Å². The van der Waals surface area contributed by atoms with Gasteiger partial charge >= 0.3 is 5.97 Å². The molecule has 18 heavy (non-hydrogen) atoms. The van der Waals surface area contributed by atoms with Gasteiger partial charge in [-0.3, -0.25) is 0 Å². The van der Waals surface area contributed by atoms with Gasteiger partial charge in [-0.15, -0.1) is 0 Å². The largest absolute Gasteiger partial charge is 0.465 e. The number of esters is 1. The van der Waals surface area contributed by atoms with Crippen LogP contribution in [0.4, 0.5) is 0 Å². The van der Waals surface area contributed by atoms with Gasteiger partial charge in [-0.1, -0.05) is 12.1 Å². The fourth-order valence-electron chi connectivity index (χ4n) is 1.66. The Labute approximate surface area is 107 Å². The highest BCUT2D eigenvalue weighted by Gasteiger charge is 2.24. The number of benzene rings is 1. The lowest BCUT2D eigenvalue weighted by molar-refractivity contribution is 0.0600. The molecule has 0 amide bonds. The molecule has 1 aromatic carbocycles. The van der Waals surface area contributed by atoms with Crippen molar-refractivity contribution in [3.05, 3.63) is 35.4 Å². The SMILES string of the molecule is COC(=O)c1ccc(C(C)(C)NS(C)(=O)=O)cc1. The van der Waals surface area contributed by atoms with Gasteiger partial charge in [0.2, 0.25) is 10.0 Å². The van der Waals surface area contributed by atoms with Crippen LogP contribution in [0, 0.1) is 0 Å². The van der Waals surface area contributed by atoms with Crippen LogP contribution in [0.2, 0.25) is 0 Å². The summed E-state index contributed by atoms with van der Waals surface area (Å²) >= 11 is 0. The maximum atomic E-state index is 11.3. The fourth-order valence-corrected chi connectivity index (χ4v) is 2.71. The van der Waals surface area contributed by atoms with Crippen LogP contribution in [-0.2, 0) is 20.3 Å². The maximum Gasteiger partial charge on any atom is 0.337 e. The second-order valence-corrected chi connectivity index (χ2v) is 6.32. The lowest BCUT2D eigenvalue weighted by atomic mass is 9.95. The van der Waals surface area contributed by atoms with Crippen molar-refractivity contribution in [3.8, 4) is 0 Å². The van der Waals surface area contributed by atoms with Gasteiger partial charge in [0, 0.05) is 0 Å². The van der Waals surface area contributed by atoms with Gasteiger partial charge in [0.1, 0.15) is 0 Å². The third-order valence-electron chi connectivity index (χ3n) is 2.47. The number of sulfonamides is 1. The second kappa shape index (κ2) is 5.07. The van der Waals surface area contributed by atoms with Crippen LogP contribution in [0.3, 0.4) is 0 Å². The number of ether oxygens (including phenoxy) is 1. The zero-order valence-electron chi connectivity index (χ0n) is 10.9. The van der Waals surface area contributed by atoms with Crippen molar-refractivity contribution in [1.29, 1.82) is 0 Å². The Morgan fingerprint density at radius 3 is 2.11 bits per heavy atom. The number of carbonyl (C=O) groups excluding carboxylic acids is 1. The summed E-state index contributed by atoms with van der Waals surface area (Å²) in [6, 6.07) is 6.61. The van der Waals surface area contributed by atoms with E-state index < -0.39 is 21.5 Å². The summed E-state index contributed by atoms with van der Waals surface area (Å²) in [7, 11) is -1.99. The first kappa shape index (κ1) is 14.7. The van der Waals surface area contributed by atoms with E-state index in [0.717, 1.165) is 11.8 Å². The molecule has 0 spiro atoms. The molecule has 0 radical (unpaired) electrons. The average molecular weight is 271 g/mol. The summed E-state index contributed by atoms with van der Waals surface area (Å²) in [5.74, 6) is -0.421. The van der Waals surface area contributed by atoms with Crippen molar-refractivity contribution in [3.63, 3.8) is 0 Å². The van der Waals surface area contributed by atoms with Crippen LogP contribution in [-0.4, -0.2) is 27.8 Å². The second-order valence-electron chi connectivity index (χ2n) is 4.57. The van der Waals surface area contributed by atoms with Gasteiger partial charge in [-0.2, -0.15) is 0 Å². The maximum absolute atomic E-state index is 11.3. The van der Waals surface area contributed by atoms with Crippen LogP contribution < -0.4 is 4.72 Å². The molecular formula is C12H17NO4S. The molecule has 1 N–H and O–H groups in total. The van der Waals surface area contributed by atoms with Gasteiger partial charge < -0.3 is 4.74 Å². The van der Waals surface area contributed by atoms with Gasteiger partial charge in [0.25, 0.3) is 0 Å². The van der Waals surface area contributed by atoms with E-state index in [0.29, 0.717) is 5.56 Å². The minimum atomic E-state index is -3.30. The van der Waals surface area contributed by atoms with E-state index in [1.54, 1.807) is 38.1 Å². The molecule has 0 aliphatic rings. The normalized spacial score (nSPS) is 12.2. The minimum absolute atomic E-state index is 0.421. The number of methoxy groups -OCH3 is 1. The third-order valence-corrected chi connectivity index (χ3v) is 3.35. The van der Waals surface area contributed by atoms with E-state index in [-0.39, 0.29) is 0 Å². The lowest BCUT2D eigenvalue weighted by Gasteiger charge is -2.25. The first-order valence-electron chi connectivity index (χ1n) is 5.33. The Morgan fingerprint density at radius 1 is 1.22 bits per heavy atom. The van der Waals surface area contributed by atoms with E-state index in [1.165, 1.54) is 7.11 Å². The molecule has 1 aromatic rings. The van der Waals surface area contributed by atoms with Crippen LogP contribution in [0.15, 0.2) is 24.3 Å². The molecule has 1 rings (SSSR count). The Morgan fingerprint density at radius 2 is 1.72 bits per heavy atom.